The average molecular weight is 419 g/mol. The van der Waals surface area contributed by atoms with E-state index in [0.29, 0.717) is 16.9 Å². The Morgan fingerprint density at radius 1 is 1.10 bits per heavy atom. The molecular weight excluding hydrogens is 405 g/mol. The summed E-state index contributed by atoms with van der Waals surface area (Å²) in [4.78, 5) is 23.6. The van der Waals surface area contributed by atoms with E-state index in [0.717, 1.165) is 17.2 Å². The Hall–Kier alpha value is -3.13. The predicted octanol–water partition coefficient (Wildman–Crippen LogP) is 4.29. The van der Waals surface area contributed by atoms with Gasteiger partial charge in [-0.25, -0.2) is 23.1 Å². The second-order valence-electron chi connectivity index (χ2n) is 6.64. The van der Waals surface area contributed by atoms with Crippen molar-refractivity contribution in [2.45, 2.75) is 13.3 Å². The summed E-state index contributed by atoms with van der Waals surface area (Å²) < 4.78 is 43.0. The minimum Gasteiger partial charge on any atom is -0.312 e. The fourth-order valence-corrected chi connectivity index (χ4v) is 3.26. The van der Waals surface area contributed by atoms with Crippen LogP contribution in [0.2, 0.25) is 5.02 Å². The molecule has 0 spiro atoms. The summed E-state index contributed by atoms with van der Waals surface area (Å²) in [5.74, 6) is -2.93. The predicted molar refractivity (Wildman–Crippen MR) is 103 cm³/mol. The molecule has 0 aliphatic carbocycles. The molecule has 0 atom stereocenters. The number of nitrogens with one attached hydrogen (secondary N) is 1. The lowest BCUT2D eigenvalue weighted by Crippen LogP contribution is -2.14. The van der Waals surface area contributed by atoms with Gasteiger partial charge in [0, 0.05) is 29.6 Å². The molecular formula is C20H14ClF3N4O. The number of aromatic nitrogens is 4. The van der Waals surface area contributed by atoms with Gasteiger partial charge in [-0.15, -0.1) is 0 Å². The third-order valence-corrected chi connectivity index (χ3v) is 5.10. The summed E-state index contributed by atoms with van der Waals surface area (Å²) in [6, 6.07) is 6.86. The molecule has 2 aromatic carbocycles. The molecule has 2 heterocycles. The summed E-state index contributed by atoms with van der Waals surface area (Å²) in [6.45, 7) is 1.85. The normalized spacial score (nSPS) is 11.4. The van der Waals surface area contributed by atoms with Crippen LogP contribution >= 0.6 is 11.6 Å². The molecule has 0 radical (unpaired) electrons. The number of aromatic amines is 1. The quantitative estimate of drug-likeness (QED) is 0.505. The summed E-state index contributed by atoms with van der Waals surface area (Å²) in [5.41, 5.74) is 0.826. The lowest BCUT2D eigenvalue weighted by molar-refractivity contribution is 0.481. The van der Waals surface area contributed by atoms with Gasteiger partial charge in [0.1, 0.15) is 17.5 Å². The number of halogens is 4. The standard InChI is InChI=1S/C20H14ClF3N4O/c1-9-7-10(3-4-12(9)21)18-27-17-19(28(18)2)25-15(26-20(17)29)8-11-13(22)5-6-14(23)16(11)24/h3-7H,8H2,1-2H3,(H,25,26,29). The van der Waals surface area contributed by atoms with Gasteiger partial charge in [-0.3, -0.25) is 4.79 Å². The lowest BCUT2D eigenvalue weighted by atomic mass is 10.1. The Morgan fingerprint density at radius 3 is 2.55 bits per heavy atom. The van der Waals surface area contributed by atoms with Gasteiger partial charge in [0.05, 0.1) is 0 Å². The van der Waals surface area contributed by atoms with E-state index < -0.39 is 35.0 Å². The maximum Gasteiger partial charge on any atom is 0.279 e. The van der Waals surface area contributed by atoms with Crippen LogP contribution in [0.4, 0.5) is 13.2 Å². The van der Waals surface area contributed by atoms with Crippen molar-refractivity contribution >= 4 is 22.8 Å². The van der Waals surface area contributed by atoms with Crippen molar-refractivity contribution in [1.29, 1.82) is 0 Å². The smallest absolute Gasteiger partial charge is 0.279 e. The van der Waals surface area contributed by atoms with Crippen LogP contribution in [0.15, 0.2) is 35.1 Å². The molecule has 4 rings (SSSR count). The van der Waals surface area contributed by atoms with Crippen molar-refractivity contribution in [3.8, 4) is 11.4 Å². The Balaban J connectivity index is 1.84. The van der Waals surface area contributed by atoms with E-state index in [1.165, 1.54) is 0 Å². The number of hydrogen-bond donors (Lipinski definition) is 1. The third-order valence-electron chi connectivity index (χ3n) is 4.68. The lowest BCUT2D eigenvalue weighted by Gasteiger charge is -2.06. The van der Waals surface area contributed by atoms with Gasteiger partial charge in [-0.05, 0) is 42.8 Å². The molecule has 1 N–H and O–H groups in total. The van der Waals surface area contributed by atoms with Crippen molar-refractivity contribution in [3.63, 3.8) is 0 Å². The maximum absolute atomic E-state index is 14.0. The Kier molecular flexibility index (Phi) is 4.66. The third kappa shape index (κ3) is 3.29. The van der Waals surface area contributed by atoms with Gasteiger partial charge in [-0.2, -0.15) is 0 Å². The first-order chi connectivity index (χ1) is 13.8. The summed E-state index contributed by atoms with van der Waals surface area (Å²) in [6.07, 6.45) is -0.416. The van der Waals surface area contributed by atoms with Crippen LogP contribution in [0.25, 0.3) is 22.6 Å². The van der Waals surface area contributed by atoms with Gasteiger partial charge >= 0.3 is 0 Å². The zero-order chi connectivity index (χ0) is 20.9. The van der Waals surface area contributed by atoms with Gasteiger partial charge in [-0.1, -0.05) is 11.6 Å². The number of rotatable bonds is 3. The monoisotopic (exact) mass is 418 g/mol. The maximum atomic E-state index is 14.0. The fourth-order valence-electron chi connectivity index (χ4n) is 3.14. The first-order valence-electron chi connectivity index (χ1n) is 8.60. The molecule has 0 amide bonds. The highest BCUT2D eigenvalue weighted by Crippen LogP contribution is 2.26. The van der Waals surface area contributed by atoms with E-state index in [1.807, 2.05) is 13.0 Å². The molecule has 0 bridgehead atoms. The highest BCUT2D eigenvalue weighted by molar-refractivity contribution is 6.31. The molecule has 0 unspecified atom stereocenters. The average Bonchev–Trinajstić information content (AvgIpc) is 3.02. The number of hydrogen-bond acceptors (Lipinski definition) is 3. The molecule has 148 valence electrons. The highest BCUT2D eigenvalue weighted by atomic mass is 35.5. The van der Waals surface area contributed by atoms with Crippen LogP contribution in [-0.4, -0.2) is 19.5 Å². The van der Waals surface area contributed by atoms with Gasteiger partial charge in [0.15, 0.2) is 22.8 Å². The van der Waals surface area contributed by atoms with Crippen molar-refractivity contribution < 1.29 is 13.2 Å². The van der Waals surface area contributed by atoms with E-state index in [-0.39, 0.29) is 17.0 Å². The summed E-state index contributed by atoms with van der Waals surface area (Å²) in [5, 5.41) is 0.602. The molecule has 0 aliphatic rings. The molecule has 0 aliphatic heterocycles. The Morgan fingerprint density at radius 2 is 1.83 bits per heavy atom. The summed E-state index contributed by atoms with van der Waals surface area (Å²) in [7, 11) is 1.67. The van der Waals surface area contributed by atoms with E-state index >= 15 is 0 Å². The number of fused-ring (bicyclic) bond motifs is 1. The van der Waals surface area contributed by atoms with Crippen LogP contribution in [-0.2, 0) is 13.5 Å². The number of aryl methyl sites for hydroxylation is 2. The van der Waals surface area contributed by atoms with E-state index in [9.17, 15) is 18.0 Å². The molecule has 5 nitrogen and oxygen atoms in total. The van der Waals surface area contributed by atoms with Crippen LogP contribution in [0, 0.1) is 24.4 Å². The molecule has 0 saturated heterocycles. The molecule has 2 aromatic heterocycles. The summed E-state index contributed by atoms with van der Waals surface area (Å²) >= 11 is 6.06. The second-order valence-corrected chi connectivity index (χ2v) is 7.05. The van der Waals surface area contributed by atoms with Crippen LogP contribution in [0.3, 0.4) is 0 Å². The first kappa shape index (κ1) is 19.2. The van der Waals surface area contributed by atoms with Crippen LogP contribution in [0.1, 0.15) is 17.0 Å². The SMILES string of the molecule is Cc1cc(-c2nc3c(=O)[nH]c(Cc4c(F)ccc(F)c4F)nc3n2C)ccc1Cl. The molecule has 0 saturated carbocycles. The number of H-pyrrole nitrogens is 1. The Labute approximate surface area is 167 Å². The minimum absolute atomic E-state index is 0.00673. The van der Waals surface area contributed by atoms with Crippen LogP contribution in [0.5, 0.6) is 0 Å². The number of benzene rings is 2. The van der Waals surface area contributed by atoms with Gasteiger partial charge < -0.3 is 9.55 Å². The second kappa shape index (κ2) is 7.04. The van der Waals surface area contributed by atoms with E-state index in [1.54, 1.807) is 23.7 Å². The van der Waals surface area contributed by atoms with Crippen LogP contribution < -0.4 is 5.56 Å². The first-order valence-corrected chi connectivity index (χ1v) is 8.98. The van der Waals surface area contributed by atoms with Crippen molar-refractivity contribution in [3.05, 3.63) is 80.1 Å². The highest BCUT2D eigenvalue weighted by Gasteiger charge is 2.19. The number of imidazole rings is 1. The Bertz CT molecular complexity index is 1330. The molecule has 29 heavy (non-hydrogen) atoms. The largest absolute Gasteiger partial charge is 0.312 e. The zero-order valence-electron chi connectivity index (χ0n) is 15.4. The van der Waals surface area contributed by atoms with Crippen molar-refractivity contribution in [2.24, 2.45) is 7.05 Å². The van der Waals surface area contributed by atoms with Gasteiger partial charge in [0.2, 0.25) is 0 Å². The number of nitrogens with zero attached hydrogens (tertiary/aromatic N) is 3. The van der Waals surface area contributed by atoms with Crippen molar-refractivity contribution in [2.75, 3.05) is 0 Å². The molecule has 9 heteroatoms. The van der Waals surface area contributed by atoms with E-state index in [2.05, 4.69) is 15.0 Å². The topological polar surface area (TPSA) is 63.6 Å². The zero-order valence-corrected chi connectivity index (χ0v) is 16.1. The van der Waals surface area contributed by atoms with Gasteiger partial charge in [0.25, 0.3) is 5.56 Å². The minimum atomic E-state index is -1.31. The fraction of sp³-hybridized carbons (Fsp3) is 0.150. The molecule has 0 fully saturated rings. The van der Waals surface area contributed by atoms with Crippen molar-refractivity contribution in [1.82, 2.24) is 19.5 Å². The van der Waals surface area contributed by atoms with E-state index in [4.69, 9.17) is 11.6 Å². The molecule has 4 aromatic rings.